The quantitative estimate of drug-likeness (QED) is 0.656. The van der Waals surface area contributed by atoms with Crippen molar-refractivity contribution in [1.29, 1.82) is 0 Å². The van der Waals surface area contributed by atoms with Crippen LogP contribution < -0.4 is 10.6 Å². The van der Waals surface area contributed by atoms with Gasteiger partial charge in [-0.25, -0.2) is 4.98 Å². The molecule has 0 aromatic carbocycles. The maximum absolute atomic E-state index is 6.21. The van der Waals surface area contributed by atoms with Gasteiger partial charge in [0.1, 0.15) is 5.82 Å². The number of hydrogen-bond acceptors (Lipinski definition) is 3. The Kier molecular flexibility index (Phi) is 8.05. The Labute approximate surface area is 134 Å². The van der Waals surface area contributed by atoms with Gasteiger partial charge in [0, 0.05) is 19.3 Å². The van der Waals surface area contributed by atoms with Crippen molar-refractivity contribution < 1.29 is 0 Å². The van der Waals surface area contributed by atoms with Crippen molar-refractivity contribution in [3.63, 3.8) is 0 Å². The molecule has 1 heterocycles. The fraction of sp³-hybridized carbons (Fsp3) is 0.706. The minimum absolute atomic E-state index is 0.643. The van der Waals surface area contributed by atoms with E-state index >= 15 is 0 Å². The maximum atomic E-state index is 6.21. The highest BCUT2D eigenvalue weighted by Gasteiger charge is 2.17. The molecular weight excluding hydrogens is 282 g/mol. The number of halogens is 1. The van der Waals surface area contributed by atoms with Gasteiger partial charge >= 0.3 is 0 Å². The fourth-order valence-corrected chi connectivity index (χ4v) is 2.75. The van der Waals surface area contributed by atoms with Crippen molar-refractivity contribution in [2.45, 2.75) is 47.6 Å². The second kappa shape index (κ2) is 9.26. The molecule has 1 aromatic heterocycles. The van der Waals surface area contributed by atoms with Crippen LogP contribution >= 0.6 is 11.6 Å². The second-order valence-corrected chi connectivity index (χ2v) is 6.78. The molecular formula is C17H30ClN3. The third-order valence-electron chi connectivity index (χ3n) is 3.91. The average Bonchev–Trinajstić information content (AvgIpc) is 2.41. The molecule has 0 saturated heterocycles. The third-order valence-corrected chi connectivity index (χ3v) is 4.25. The molecule has 21 heavy (non-hydrogen) atoms. The first-order chi connectivity index (χ1) is 9.95. The van der Waals surface area contributed by atoms with Gasteiger partial charge in [0.05, 0.1) is 5.02 Å². The standard InChI is InChI=1S/C17H30ClN3/c1-6-7-19-9-14-8-17(21-11-16(14)18)20-10-15(12(2)3)13(4)5/h8,11-13,15,19H,6-7,9-10H2,1-5H3,(H,20,21). The Morgan fingerprint density at radius 1 is 1.19 bits per heavy atom. The van der Waals surface area contributed by atoms with Gasteiger partial charge in [-0.05, 0) is 42.3 Å². The minimum atomic E-state index is 0.643. The molecule has 0 radical (unpaired) electrons. The van der Waals surface area contributed by atoms with Crippen LogP contribution in [0.4, 0.5) is 5.82 Å². The highest BCUT2D eigenvalue weighted by molar-refractivity contribution is 6.31. The number of nitrogens with one attached hydrogen (secondary N) is 2. The summed E-state index contributed by atoms with van der Waals surface area (Å²) in [5.41, 5.74) is 1.10. The van der Waals surface area contributed by atoms with Crippen molar-refractivity contribution in [3.8, 4) is 0 Å². The minimum Gasteiger partial charge on any atom is -0.370 e. The lowest BCUT2D eigenvalue weighted by molar-refractivity contribution is 0.304. The van der Waals surface area contributed by atoms with Crippen molar-refractivity contribution in [1.82, 2.24) is 10.3 Å². The van der Waals surface area contributed by atoms with E-state index < -0.39 is 0 Å². The van der Waals surface area contributed by atoms with Crippen LogP contribution in [0.5, 0.6) is 0 Å². The van der Waals surface area contributed by atoms with E-state index in [0.29, 0.717) is 17.8 Å². The van der Waals surface area contributed by atoms with Gasteiger partial charge in [0.15, 0.2) is 0 Å². The number of aromatic nitrogens is 1. The summed E-state index contributed by atoms with van der Waals surface area (Å²) in [7, 11) is 0. The Bertz CT molecular complexity index is 410. The molecule has 0 aliphatic carbocycles. The van der Waals surface area contributed by atoms with E-state index in [4.69, 9.17) is 11.6 Å². The summed E-state index contributed by atoms with van der Waals surface area (Å²) in [5.74, 6) is 2.88. The van der Waals surface area contributed by atoms with Crippen LogP contribution in [-0.4, -0.2) is 18.1 Å². The smallest absolute Gasteiger partial charge is 0.126 e. The molecule has 0 spiro atoms. The molecule has 1 rings (SSSR count). The number of pyridine rings is 1. The van der Waals surface area contributed by atoms with Crippen molar-refractivity contribution in [2.75, 3.05) is 18.4 Å². The van der Waals surface area contributed by atoms with Gasteiger partial charge < -0.3 is 10.6 Å². The first-order valence-corrected chi connectivity index (χ1v) is 8.42. The molecule has 1 aromatic rings. The van der Waals surface area contributed by atoms with Crippen LogP contribution in [0.15, 0.2) is 12.3 Å². The van der Waals surface area contributed by atoms with E-state index in [1.807, 2.05) is 0 Å². The van der Waals surface area contributed by atoms with E-state index in [0.717, 1.165) is 42.5 Å². The molecule has 0 amide bonds. The molecule has 0 fully saturated rings. The summed E-state index contributed by atoms with van der Waals surface area (Å²) in [6.45, 7) is 14.0. The number of anilines is 1. The summed E-state index contributed by atoms with van der Waals surface area (Å²) in [6.07, 6.45) is 2.87. The summed E-state index contributed by atoms with van der Waals surface area (Å²) in [6, 6.07) is 2.06. The maximum Gasteiger partial charge on any atom is 0.126 e. The van der Waals surface area contributed by atoms with Crippen LogP contribution in [0.25, 0.3) is 0 Å². The van der Waals surface area contributed by atoms with Gasteiger partial charge in [0.2, 0.25) is 0 Å². The van der Waals surface area contributed by atoms with E-state index in [9.17, 15) is 0 Å². The van der Waals surface area contributed by atoms with Gasteiger partial charge in [0.25, 0.3) is 0 Å². The zero-order chi connectivity index (χ0) is 15.8. The molecule has 120 valence electrons. The first kappa shape index (κ1) is 18.2. The van der Waals surface area contributed by atoms with E-state index in [2.05, 4.69) is 56.3 Å². The topological polar surface area (TPSA) is 37.0 Å². The number of hydrogen-bond donors (Lipinski definition) is 2. The Balaban J connectivity index is 2.64. The molecule has 3 nitrogen and oxygen atoms in total. The molecule has 2 N–H and O–H groups in total. The first-order valence-electron chi connectivity index (χ1n) is 8.04. The average molecular weight is 312 g/mol. The fourth-order valence-electron chi connectivity index (χ4n) is 2.58. The lowest BCUT2D eigenvalue weighted by Gasteiger charge is -2.25. The van der Waals surface area contributed by atoms with Crippen LogP contribution in [0.2, 0.25) is 5.02 Å². The Morgan fingerprint density at radius 2 is 1.86 bits per heavy atom. The Hall–Kier alpha value is -0.800. The second-order valence-electron chi connectivity index (χ2n) is 6.37. The molecule has 0 bridgehead atoms. The summed E-state index contributed by atoms with van der Waals surface area (Å²) < 4.78 is 0. The summed E-state index contributed by atoms with van der Waals surface area (Å²) >= 11 is 6.21. The van der Waals surface area contributed by atoms with Crippen molar-refractivity contribution in [3.05, 3.63) is 22.8 Å². The highest BCUT2D eigenvalue weighted by Crippen LogP contribution is 2.22. The van der Waals surface area contributed by atoms with Crippen LogP contribution in [0.3, 0.4) is 0 Å². The molecule has 0 aliphatic heterocycles. The zero-order valence-electron chi connectivity index (χ0n) is 14.0. The molecule has 4 heteroatoms. The van der Waals surface area contributed by atoms with E-state index in [1.54, 1.807) is 6.20 Å². The van der Waals surface area contributed by atoms with E-state index in [-0.39, 0.29) is 0 Å². The van der Waals surface area contributed by atoms with Crippen LogP contribution in [0, 0.1) is 17.8 Å². The van der Waals surface area contributed by atoms with Crippen LogP contribution in [-0.2, 0) is 6.54 Å². The zero-order valence-corrected chi connectivity index (χ0v) is 14.8. The van der Waals surface area contributed by atoms with Crippen LogP contribution in [0.1, 0.15) is 46.6 Å². The molecule has 0 atom stereocenters. The van der Waals surface area contributed by atoms with Gasteiger partial charge in [-0.3, -0.25) is 0 Å². The lowest BCUT2D eigenvalue weighted by Crippen LogP contribution is -2.25. The molecule has 0 saturated carbocycles. The number of nitrogens with zero attached hydrogens (tertiary/aromatic N) is 1. The highest BCUT2D eigenvalue weighted by atomic mass is 35.5. The monoisotopic (exact) mass is 311 g/mol. The number of rotatable bonds is 9. The van der Waals surface area contributed by atoms with Crippen molar-refractivity contribution >= 4 is 17.4 Å². The largest absolute Gasteiger partial charge is 0.370 e. The Morgan fingerprint density at radius 3 is 2.43 bits per heavy atom. The third kappa shape index (κ3) is 6.23. The van der Waals surface area contributed by atoms with Gasteiger partial charge in [-0.1, -0.05) is 46.2 Å². The molecule has 0 aliphatic rings. The van der Waals surface area contributed by atoms with Gasteiger partial charge in [-0.15, -0.1) is 0 Å². The predicted octanol–water partition coefficient (Wildman–Crippen LogP) is 4.57. The SMILES string of the molecule is CCCNCc1cc(NCC(C(C)C)C(C)C)ncc1Cl. The van der Waals surface area contributed by atoms with Crippen molar-refractivity contribution in [2.24, 2.45) is 17.8 Å². The lowest BCUT2D eigenvalue weighted by atomic mass is 9.85. The summed E-state index contributed by atoms with van der Waals surface area (Å²) in [4.78, 5) is 4.39. The molecule has 0 unspecified atom stereocenters. The normalized spacial score (nSPS) is 11.7. The van der Waals surface area contributed by atoms with E-state index in [1.165, 1.54) is 0 Å². The van der Waals surface area contributed by atoms with Gasteiger partial charge in [-0.2, -0.15) is 0 Å². The predicted molar refractivity (Wildman–Crippen MR) is 92.9 cm³/mol. The summed E-state index contributed by atoms with van der Waals surface area (Å²) in [5, 5.41) is 7.58.